The molecule has 0 aliphatic carbocycles. The maximum atomic E-state index is 12.1. The second-order valence-corrected chi connectivity index (χ2v) is 7.25. The average Bonchev–Trinajstić information content (AvgIpc) is 2.90. The largest absolute Gasteiger partial charge is 0.333 e. The molecule has 2 heterocycles. The van der Waals surface area contributed by atoms with Crippen molar-refractivity contribution in [3.63, 3.8) is 0 Å². The van der Waals surface area contributed by atoms with Gasteiger partial charge in [-0.05, 0) is 49.2 Å². The molecule has 4 rings (SSSR count). The topological polar surface area (TPSA) is 70.2 Å². The summed E-state index contributed by atoms with van der Waals surface area (Å²) in [7, 11) is 0. The smallest absolute Gasteiger partial charge is 0.265 e. The van der Waals surface area contributed by atoms with Crippen molar-refractivity contribution in [3.8, 4) is 0 Å². The van der Waals surface area contributed by atoms with Crippen molar-refractivity contribution in [1.82, 2.24) is 20.8 Å². The number of anilines is 2. The van der Waals surface area contributed by atoms with Crippen LogP contribution in [0.2, 0.25) is 0 Å². The fourth-order valence-electron chi connectivity index (χ4n) is 3.70. The highest BCUT2D eigenvalue weighted by atomic mass is 16.2. The summed E-state index contributed by atoms with van der Waals surface area (Å²) in [5.74, 6) is 0.621. The van der Waals surface area contributed by atoms with Crippen molar-refractivity contribution in [2.75, 3.05) is 11.4 Å². The van der Waals surface area contributed by atoms with Crippen LogP contribution in [0.5, 0.6) is 0 Å². The molecule has 30 heavy (non-hydrogen) atoms. The Morgan fingerprint density at radius 1 is 1.00 bits per heavy atom. The van der Waals surface area contributed by atoms with Gasteiger partial charge in [0.15, 0.2) is 0 Å². The summed E-state index contributed by atoms with van der Waals surface area (Å²) in [5.41, 5.74) is 12.3. The fraction of sp³-hybridized carbons (Fsp3) is 0.208. The van der Waals surface area contributed by atoms with Crippen LogP contribution in [0.4, 0.5) is 11.4 Å². The molecule has 0 atom stereocenters. The number of aryl methyl sites for hydroxylation is 2. The van der Waals surface area contributed by atoms with Crippen molar-refractivity contribution in [3.05, 3.63) is 82.4 Å². The van der Waals surface area contributed by atoms with Crippen LogP contribution in [0.15, 0.2) is 48.5 Å². The zero-order valence-corrected chi connectivity index (χ0v) is 17.4. The van der Waals surface area contributed by atoms with E-state index >= 15 is 0 Å². The van der Waals surface area contributed by atoms with Gasteiger partial charge in [-0.1, -0.05) is 43.3 Å². The van der Waals surface area contributed by atoms with Crippen molar-refractivity contribution in [2.24, 2.45) is 0 Å². The van der Waals surface area contributed by atoms with Crippen molar-refractivity contribution in [1.29, 1.82) is 0 Å². The minimum Gasteiger partial charge on any atom is -0.333 e. The fourth-order valence-corrected chi connectivity index (χ4v) is 3.70. The third-order valence-corrected chi connectivity index (χ3v) is 5.05. The molecule has 1 aliphatic rings. The van der Waals surface area contributed by atoms with Gasteiger partial charge in [0.2, 0.25) is 0 Å². The van der Waals surface area contributed by atoms with Crippen LogP contribution in [0.1, 0.15) is 45.6 Å². The van der Waals surface area contributed by atoms with Gasteiger partial charge >= 0.3 is 0 Å². The molecule has 2 N–H and O–H groups in total. The van der Waals surface area contributed by atoms with E-state index in [9.17, 15) is 4.79 Å². The summed E-state index contributed by atoms with van der Waals surface area (Å²) >= 11 is 0. The summed E-state index contributed by atoms with van der Waals surface area (Å²) in [6, 6.07) is 16.0. The number of amides is 1. The van der Waals surface area contributed by atoms with Gasteiger partial charge in [-0.15, -0.1) is 0 Å². The predicted octanol–water partition coefficient (Wildman–Crippen LogP) is 4.17. The molecule has 3 aromatic rings. The van der Waals surface area contributed by atoms with Crippen LogP contribution in [0.3, 0.4) is 0 Å². The maximum absolute atomic E-state index is 12.1. The third kappa shape index (κ3) is 3.95. The monoisotopic (exact) mass is 399 g/mol. The molecular weight excluding hydrogens is 374 g/mol. The maximum Gasteiger partial charge on any atom is 0.265 e. The van der Waals surface area contributed by atoms with Crippen molar-refractivity contribution in [2.45, 2.75) is 27.3 Å². The third-order valence-electron chi connectivity index (χ3n) is 5.05. The van der Waals surface area contributed by atoms with Crippen LogP contribution in [0.25, 0.3) is 12.2 Å². The first-order valence-corrected chi connectivity index (χ1v) is 10.1. The number of hydrazine groups is 1. The zero-order chi connectivity index (χ0) is 21.1. The first kappa shape index (κ1) is 19.8. The molecule has 0 bridgehead atoms. The van der Waals surface area contributed by atoms with Crippen molar-refractivity contribution >= 4 is 29.4 Å². The van der Waals surface area contributed by atoms with E-state index in [0.717, 1.165) is 39.7 Å². The van der Waals surface area contributed by atoms with E-state index in [4.69, 9.17) is 0 Å². The summed E-state index contributed by atoms with van der Waals surface area (Å²) in [6.07, 6.45) is 4.16. The Balaban J connectivity index is 1.70. The van der Waals surface area contributed by atoms with E-state index in [1.54, 1.807) is 0 Å². The molecule has 0 spiro atoms. The molecule has 6 heteroatoms. The molecule has 0 unspecified atom stereocenters. The van der Waals surface area contributed by atoms with E-state index in [2.05, 4.69) is 50.0 Å². The van der Waals surface area contributed by atoms with Gasteiger partial charge in [0.25, 0.3) is 5.91 Å². The molecule has 0 saturated heterocycles. The molecule has 2 aromatic carbocycles. The Bertz CT molecular complexity index is 1110. The molecule has 152 valence electrons. The molecule has 1 aromatic heterocycles. The second-order valence-electron chi connectivity index (χ2n) is 7.25. The number of nitrogens with zero attached hydrogens (tertiary/aromatic N) is 3. The molecule has 0 fully saturated rings. The lowest BCUT2D eigenvalue weighted by Gasteiger charge is -2.28. The van der Waals surface area contributed by atoms with E-state index in [1.165, 1.54) is 0 Å². The molecule has 0 saturated carbocycles. The Hall–Kier alpha value is -3.51. The van der Waals surface area contributed by atoms with E-state index in [1.807, 2.05) is 57.2 Å². The minimum atomic E-state index is -0.141. The van der Waals surface area contributed by atoms with Crippen LogP contribution < -0.4 is 15.8 Å². The van der Waals surface area contributed by atoms with Gasteiger partial charge in [-0.3, -0.25) is 10.2 Å². The predicted molar refractivity (Wildman–Crippen MR) is 120 cm³/mol. The molecule has 1 amide bonds. The molecular formula is C24H25N5O. The average molecular weight is 399 g/mol. The summed E-state index contributed by atoms with van der Waals surface area (Å²) in [4.78, 5) is 23.7. The number of hydrogen-bond donors (Lipinski definition) is 2. The molecule has 0 radical (unpaired) electrons. The number of benzene rings is 2. The second kappa shape index (κ2) is 8.47. The number of nitrogens with one attached hydrogen (secondary N) is 2. The van der Waals surface area contributed by atoms with Gasteiger partial charge < -0.3 is 4.90 Å². The summed E-state index contributed by atoms with van der Waals surface area (Å²) < 4.78 is 0. The first-order valence-electron chi connectivity index (χ1n) is 10.1. The number of para-hydroxylation sites is 1. The summed E-state index contributed by atoms with van der Waals surface area (Å²) in [5, 5.41) is 0. The lowest BCUT2D eigenvalue weighted by Crippen LogP contribution is -2.37. The van der Waals surface area contributed by atoms with Gasteiger partial charge in [-0.2, -0.15) is 0 Å². The number of rotatable bonds is 5. The number of fused-ring (bicyclic) bond motifs is 2. The van der Waals surface area contributed by atoms with Gasteiger partial charge in [-0.25, -0.2) is 15.4 Å². The van der Waals surface area contributed by atoms with Crippen LogP contribution in [-0.2, 0) is 6.54 Å². The van der Waals surface area contributed by atoms with Gasteiger partial charge in [0.1, 0.15) is 5.82 Å². The number of hydrogen-bond acceptors (Lipinski definition) is 5. The quantitative estimate of drug-likeness (QED) is 0.630. The normalized spacial score (nSPS) is 12.2. The highest BCUT2D eigenvalue weighted by Gasteiger charge is 2.22. The Morgan fingerprint density at radius 2 is 1.77 bits per heavy atom. The Kier molecular flexibility index (Phi) is 5.59. The van der Waals surface area contributed by atoms with Crippen LogP contribution >= 0.6 is 0 Å². The Morgan fingerprint density at radius 3 is 2.53 bits per heavy atom. The summed E-state index contributed by atoms with van der Waals surface area (Å²) in [6.45, 7) is 7.19. The van der Waals surface area contributed by atoms with E-state index < -0.39 is 0 Å². The highest BCUT2D eigenvalue weighted by molar-refractivity contribution is 5.94. The van der Waals surface area contributed by atoms with Crippen molar-refractivity contribution < 1.29 is 4.79 Å². The number of carbonyl (C=O) groups excluding carboxylic acids is 1. The molecule has 1 aliphatic heterocycles. The standard InChI is InChI=1S/C24H25N5O/c1-4-25-28-24(30)20-11-9-18(10-12-20)15-29-22-8-6-5-7-19(22)13-14-21-23(29)16(2)26-17(3)27-21/h5-14,25H,4,15H2,1-3H3,(H,28,30). The SMILES string of the molecule is CCNNC(=O)c1ccc(CN2c3ccccc3C=Cc3nc(C)nc(C)c32)cc1. The lowest BCUT2D eigenvalue weighted by atomic mass is 10.1. The number of aromatic nitrogens is 2. The molecule has 6 nitrogen and oxygen atoms in total. The zero-order valence-electron chi connectivity index (χ0n) is 17.4. The lowest BCUT2D eigenvalue weighted by molar-refractivity contribution is 0.0934. The first-order chi connectivity index (χ1) is 14.6. The van der Waals surface area contributed by atoms with Gasteiger partial charge in [0.05, 0.1) is 17.1 Å². The van der Waals surface area contributed by atoms with Crippen LogP contribution in [-0.4, -0.2) is 22.4 Å². The number of carbonyl (C=O) groups is 1. The minimum absolute atomic E-state index is 0.141. The van der Waals surface area contributed by atoms with Crippen LogP contribution in [0, 0.1) is 13.8 Å². The Labute approximate surface area is 176 Å². The van der Waals surface area contributed by atoms with E-state index in [-0.39, 0.29) is 5.91 Å². The highest BCUT2D eigenvalue weighted by Crippen LogP contribution is 2.38. The van der Waals surface area contributed by atoms with Gasteiger partial charge in [0, 0.05) is 24.3 Å². The van der Waals surface area contributed by atoms with E-state index in [0.29, 0.717) is 18.7 Å².